The minimum atomic E-state index is -0.316. The summed E-state index contributed by atoms with van der Waals surface area (Å²) in [6.07, 6.45) is -0.210. The number of nitrogens with zero attached hydrogens (tertiary/aromatic N) is 1. The standard InChI is InChI=1S/C19H16BrClN2O3/c1-12(25-16-8-6-15(21)7-9-16)11-22-19(24)17-10-18(26-23-17)13-2-4-14(20)5-3-13/h2-10,12H,11H2,1H3,(H,22,24)/t12-/m0/s1. The molecule has 0 spiro atoms. The van der Waals surface area contributed by atoms with Crippen LogP contribution in [0.15, 0.2) is 63.6 Å². The van der Waals surface area contributed by atoms with Crippen LogP contribution in [-0.2, 0) is 0 Å². The number of halogens is 2. The summed E-state index contributed by atoms with van der Waals surface area (Å²) in [6, 6.07) is 16.2. The zero-order valence-electron chi connectivity index (χ0n) is 13.9. The predicted octanol–water partition coefficient (Wildman–Crippen LogP) is 4.95. The first-order chi connectivity index (χ1) is 12.5. The average molecular weight is 436 g/mol. The van der Waals surface area contributed by atoms with E-state index in [4.69, 9.17) is 20.9 Å². The van der Waals surface area contributed by atoms with Crippen molar-refractivity contribution in [2.45, 2.75) is 13.0 Å². The molecule has 0 aliphatic heterocycles. The molecule has 1 aromatic heterocycles. The summed E-state index contributed by atoms with van der Waals surface area (Å²) >= 11 is 9.22. The first-order valence-electron chi connectivity index (χ1n) is 7.94. The van der Waals surface area contributed by atoms with Gasteiger partial charge >= 0.3 is 0 Å². The fraction of sp³-hybridized carbons (Fsp3) is 0.158. The minimum absolute atomic E-state index is 0.210. The molecule has 0 aliphatic carbocycles. The van der Waals surface area contributed by atoms with Crippen molar-refractivity contribution in [3.05, 3.63) is 69.8 Å². The predicted molar refractivity (Wildman–Crippen MR) is 104 cm³/mol. The van der Waals surface area contributed by atoms with Gasteiger partial charge in [0.15, 0.2) is 11.5 Å². The number of aromatic nitrogens is 1. The highest BCUT2D eigenvalue weighted by atomic mass is 79.9. The zero-order valence-corrected chi connectivity index (χ0v) is 16.3. The highest BCUT2D eigenvalue weighted by molar-refractivity contribution is 9.10. The molecule has 134 valence electrons. The first kappa shape index (κ1) is 18.5. The molecule has 0 saturated carbocycles. The van der Waals surface area contributed by atoms with E-state index in [0.717, 1.165) is 10.0 Å². The van der Waals surface area contributed by atoms with E-state index in [1.807, 2.05) is 31.2 Å². The number of nitrogens with one attached hydrogen (secondary N) is 1. The molecule has 26 heavy (non-hydrogen) atoms. The maximum Gasteiger partial charge on any atom is 0.273 e. The van der Waals surface area contributed by atoms with Gasteiger partial charge in [-0.15, -0.1) is 0 Å². The Morgan fingerprint density at radius 1 is 1.23 bits per heavy atom. The molecule has 5 nitrogen and oxygen atoms in total. The van der Waals surface area contributed by atoms with E-state index < -0.39 is 0 Å². The summed E-state index contributed by atoms with van der Waals surface area (Å²) in [5, 5.41) is 7.26. The van der Waals surface area contributed by atoms with Crippen molar-refractivity contribution in [2.24, 2.45) is 0 Å². The Labute approximate surface area is 164 Å². The second kappa shape index (κ2) is 8.38. The van der Waals surface area contributed by atoms with Crippen LogP contribution in [0.2, 0.25) is 5.02 Å². The van der Waals surface area contributed by atoms with Gasteiger partial charge < -0.3 is 14.6 Å². The first-order valence-corrected chi connectivity index (χ1v) is 9.11. The fourth-order valence-electron chi connectivity index (χ4n) is 2.25. The van der Waals surface area contributed by atoms with E-state index in [9.17, 15) is 4.79 Å². The van der Waals surface area contributed by atoms with Crippen molar-refractivity contribution < 1.29 is 14.1 Å². The smallest absolute Gasteiger partial charge is 0.273 e. The van der Waals surface area contributed by atoms with Gasteiger partial charge in [0.2, 0.25) is 0 Å². The van der Waals surface area contributed by atoms with Gasteiger partial charge in [0.05, 0.1) is 6.54 Å². The van der Waals surface area contributed by atoms with Gasteiger partial charge in [0.25, 0.3) is 5.91 Å². The van der Waals surface area contributed by atoms with Crippen molar-refractivity contribution in [2.75, 3.05) is 6.54 Å². The Hall–Kier alpha value is -2.31. The van der Waals surface area contributed by atoms with E-state index in [1.165, 1.54) is 0 Å². The van der Waals surface area contributed by atoms with Crippen LogP contribution in [0.4, 0.5) is 0 Å². The van der Waals surface area contributed by atoms with E-state index in [-0.39, 0.29) is 17.7 Å². The van der Waals surface area contributed by atoms with Crippen molar-refractivity contribution in [1.29, 1.82) is 0 Å². The number of carbonyl (C=O) groups is 1. The molecule has 3 rings (SSSR count). The zero-order chi connectivity index (χ0) is 18.5. The molecule has 1 N–H and O–H groups in total. The van der Waals surface area contributed by atoms with Crippen LogP contribution >= 0.6 is 27.5 Å². The van der Waals surface area contributed by atoms with Crippen LogP contribution in [0.1, 0.15) is 17.4 Å². The molecule has 3 aromatic rings. The van der Waals surface area contributed by atoms with Gasteiger partial charge in [-0.3, -0.25) is 4.79 Å². The van der Waals surface area contributed by atoms with Crippen LogP contribution in [0, 0.1) is 0 Å². The molecular formula is C19H16BrClN2O3. The van der Waals surface area contributed by atoms with Crippen LogP contribution in [0.25, 0.3) is 11.3 Å². The minimum Gasteiger partial charge on any atom is -0.489 e. The summed E-state index contributed by atoms with van der Waals surface area (Å²) in [5.41, 5.74) is 1.07. The number of hydrogen-bond donors (Lipinski definition) is 1. The Bertz CT molecular complexity index is 879. The maximum atomic E-state index is 12.2. The third-order valence-electron chi connectivity index (χ3n) is 3.57. The molecule has 0 fully saturated rings. The van der Waals surface area contributed by atoms with Crippen molar-refractivity contribution in [3.8, 4) is 17.1 Å². The van der Waals surface area contributed by atoms with Gasteiger partial charge in [-0.1, -0.05) is 44.8 Å². The van der Waals surface area contributed by atoms with Crippen LogP contribution < -0.4 is 10.1 Å². The lowest BCUT2D eigenvalue weighted by Gasteiger charge is -2.15. The summed E-state index contributed by atoms with van der Waals surface area (Å²) in [7, 11) is 0. The van der Waals surface area contributed by atoms with Gasteiger partial charge in [-0.05, 0) is 43.3 Å². The van der Waals surface area contributed by atoms with E-state index >= 15 is 0 Å². The summed E-state index contributed by atoms with van der Waals surface area (Å²) in [4.78, 5) is 12.2. The van der Waals surface area contributed by atoms with Crippen LogP contribution in [0.5, 0.6) is 5.75 Å². The Balaban J connectivity index is 1.55. The highest BCUT2D eigenvalue weighted by Gasteiger charge is 2.15. The summed E-state index contributed by atoms with van der Waals surface area (Å²) < 4.78 is 11.9. The van der Waals surface area contributed by atoms with E-state index in [1.54, 1.807) is 30.3 Å². The number of ether oxygens (including phenoxy) is 1. The van der Waals surface area contributed by atoms with Crippen molar-refractivity contribution >= 4 is 33.4 Å². The summed E-state index contributed by atoms with van der Waals surface area (Å²) in [5.74, 6) is 0.909. The number of rotatable bonds is 6. The molecule has 2 aromatic carbocycles. The molecule has 7 heteroatoms. The molecule has 0 saturated heterocycles. The molecule has 1 heterocycles. The Morgan fingerprint density at radius 3 is 2.62 bits per heavy atom. The van der Waals surface area contributed by atoms with Crippen LogP contribution in [-0.4, -0.2) is 23.7 Å². The third kappa shape index (κ3) is 4.86. The fourth-order valence-corrected chi connectivity index (χ4v) is 2.64. The molecular weight excluding hydrogens is 420 g/mol. The molecule has 1 amide bonds. The van der Waals surface area contributed by atoms with Gasteiger partial charge in [-0.2, -0.15) is 0 Å². The van der Waals surface area contributed by atoms with Crippen molar-refractivity contribution in [1.82, 2.24) is 10.5 Å². The largest absolute Gasteiger partial charge is 0.489 e. The lowest BCUT2D eigenvalue weighted by atomic mass is 10.1. The molecule has 0 unspecified atom stereocenters. The third-order valence-corrected chi connectivity index (χ3v) is 4.35. The number of carbonyl (C=O) groups excluding carboxylic acids is 1. The quantitative estimate of drug-likeness (QED) is 0.595. The lowest BCUT2D eigenvalue weighted by Crippen LogP contribution is -2.33. The normalized spacial score (nSPS) is 11.8. The maximum absolute atomic E-state index is 12.2. The number of benzene rings is 2. The Kier molecular flexibility index (Phi) is 5.96. The monoisotopic (exact) mass is 434 g/mol. The topological polar surface area (TPSA) is 64.4 Å². The highest BCUT2D eigenvalue weighted by Crippen LogP contribution is 2.22. The second-order valence-electron chi connectivity index (χ2n) is 5.68. The van der Waals surface area contributed by atoms with Crippen molar-refractivity contribution in [3.63, 3.8) is 0 Å². The average Bonchev–Trinajstić information content (AvgIpc) is 3.12. The van der Waals surface area contributed by atoms with Crippen LogP contribution in [0.3, 0.4) is 0 Å². The molecule has 0 radical (unpaired) electrons. The van der Waals surface area contributed by atoms with Gasteiger partial charge in [0, 0.05) is 21.1 Å². The second-order valence-corrected chi connectivity index (χ2v) is 7.03. The molecule has 0 bridgehead atoms. The van der Waals surface area contributed by atoms with Gasteiger partial charge in [-0.25, -0.2) is 0 Å². The van der Waals surface area contributed by atoms with Gasteiger partial charge in [0.1, 0.15) is 11.9 Å². The lowest BCUT2D eigenvalue weighted by molar-refractivity contribution is 0.0923. The number of amides is 1. The van der Waals surface area contributed by atoms with E-state index in [2.05, 4.69) is 26.4 Å². The number of hydrogen-bond acceptors (Lipinski definition) is 4. The molecule has 0 aliphatic rings. The summed E-state index contributed by atoms with van der Waals surface area (Å²) in [6.45, 7) is 2.20. The Morgan fingerprint density at radius 2 is 1.92 bits per heavy atom. The SMILES string of the molecule is C[C@@H](CNC(=O)c1cc(-c2ccc(Br)cc2)on1)Oc1ccc(Cl)cc1. The molecule has 1 atom stereocenters. The van der Waals surface area contributed by atoms with E-state index in [0.29, 0.717) is 23.1 Å².